The van der Waals surface area contributed by atoms with Gasteiger partial charge in [-0.05, 0) is 42.0 Å². The van der Waals surface area contributed by atoms with E-state index >= 15 is 0 Å². The highest BCUT2D eigenvalue weighted by molar-refractivity contribution is 8.18. The van der Waals surface area contributed by atoms with Crippen LogP contribution >= 0.6 is 11.8 Å². The highest BCUT2D eigenvalue weighted by Crippen LogP contribution is 2.30. The summed E-state index contributed by atoms with van der Waals surface area (Å²) in [7, 11) is 0. The van der Waals surface area contributed by atoms with E-state index in [2.05, 4.69) is 12.2 Å². The summed E-state index contributed by atoms with van der Waals surface area (Å²) in [6.45, 7) is 2.58. The molecule has 1 aliphatic rings. The Morgan fingerprint density at radius 3 is 2.85 bits per heavy atom. The molecule has 0 unspecified atom stereocenters. The summed E-state index contributed by atoms with van der Waals surface area (Å²) < 4.78 is 5.48. The van der Waals surface area contributed by atoms with Crippen molar-refractivity contribution >= 4 is 29.0 Å². The molecule has 1 aromatic carbocycles. The Morgan fingerprint density at radius 2 is 2.20 bits per heavy atom. The molecule has 0 radical (unpaired) electrons. The van der Waals surface area contributed by atoms with Gasteiger partial charge >= 0.3 is 0 Å². The number of phenols is 1. The Labute approximate surface area is 121 Å². The van der Waals surface area contributed by atoms with Crippen LogP contribution in [-0.2, 0) is 4.79 Å². The number of aromatic hydroxyl groups is 1. The standard InChI is InChI=1S/C14H15NO4S/c1-2-3-6-19-11-7-9(4-5-10(11)16)8-12-13(17)15-14(18)20-12/h4-5,7-8,16H,2-3,6H2,1H3,(H,15,17,18)/b12-8-. The summed E-state index contributed by atoms with van der Waals surface area (Å²) in [5.41, 5.74) is 0.696. The zero-order valence-electron chi connectivity index (χ0n) is 11.0. The lowest BCUT2D eigenvalue weighted by molar-refractivity contribution is -0.115. The smallest absolute Gasteiger partial charge is 0.290 e. The minimum absolute atomic E-state index is 0.0582. The number of rotatable bonds is 5. The first kappa shape index (κ1) is 14.5. The van der Waals surface area contributed by atoms with Gasteiger partial charge < -0.3 is 9.84 Å². The third-order valence-electron chi connectivity index (χ3n) is 2.68. The maximum absolute atomic E-state index is 11.5. The summed E-state index contributed by atoms with van der Waals surface area (Å²) in [4.78, 5) is 22.9. The van der Waals surface area contributed by atoms with E-state index in [1.807, 2.05) is 0 Å². The second kappa shape index (κ2) is 6.47. The van der Waals surface area contributed by atoms with Crippen molar-refractivity contribution in [2.24, 2.45) is 0 Å². The van der Waals surface area contributed by atoms with Crippen LogP contribution in [0.25, 0.3) is 6.08 Å². The van der Waals surface area contributed by atoms with E-state index < -0.39 is 5.91 Å². The Kier molecular flexibility index (Phi) is 4.68. The highest BCUT2D eigenvalue weighted by Gasteiger charge is 2.24. The van der Waals surface area contributed by atoms with Crippen LogP contribution in [0.4, 0.5) is 4.79 Å². The van der Waals surface area contributed by atoms with Crippen molar-refractivity contribution in [3.8, 4) is 11.5 Å². The fraction of sp³-hybridized carbons (Fsp3) is 0.286. The van der Waals surface area contributed by atoms with Crippen molar-refractivity contribution in [1.82, 2.24) is 5.32 Å². The number of carbonyl (C=O) groups excluding carboxylic acids is 2. The molecule has 1 saturated heterocycles. The molecular weight excluding hydrogens is 278 g/mol. The third-order valence-corrected chi connectivity index (χ3v) is 3.49. The predicted molar refractivity (Wildman–Crippen MR) is 77.6 cm³/mol. The average Bonchev–Trinajstić information content (AvgIpc) is 2.72. The first-order chi connectivity index (χ1) is 9.60. The van der Waals surface area contributed by atoms with Gasteiger partial charge in [-0.2, -0.15) is 0 Å². The fourth-order valence-electron chi connectivity index (χ4n) is 1.63. The normalized spacial score (nSPS) is 16.6. The largest absolute Gasteiger partial charge is 0.504 e. The molecule has 0 spiro atoms. The van der Waals surface area contributed by atoms with Crippen LogP contribution in [0.1, 0.15) is 25.3 Å². The molecule has 106 valence electrons. The van der Waals surface area contributed by atoms with E-state index in [0.717, 1.165) is 24.6 Å². The first-order valence-electron chi connectivity index (χ1n) is 6.31. The number of phenolic OH excluding ortho intramolecular Hbond substituents is 1. The van der Waals surface area contributed by atoms with Crippen LogP contribution in [0.15, 0.2) is 23.1 Å². The van der Waals surface area contributed by atoms with Gasteiger partial charge in [0.1, 0.15) is 0 Å². The number of hydrogen-bond acceptors (Lipinski definition) is 5. The third kappa shape index (κ3) is 3.54. The van der Waals surface area contributed by atoms with Crippen LogP contribution in [0.2, 0.25) is 0 Å². The first-order valence-corrected chi connectivity index (χ1v) is 7.12. The topological polar surface area (TPSA) is 75.6 Å². The summed E-state index contributed by atoms with van der Waals surface area (Å²) >= 11 is 0.858. The minimum atomic E-state index is -0.401. The van der Waals surface area contributed by atoms with Crippen molar-refractivity contribution in [1.29, 1.82) is 0 Å². The number of amides is 2. The van der Waals surface area contributed by atoms with Crippen LogP contribution in [-0.4, -0.2) is 22.9 Å². The number of carbonyl (C=O) groups is 2. The molecule has 5 nitrogen and oxygen atoms in total. The van der Waals surface area contributed by atoms with Gasteiger partial charge in [0.15, 0.2) is 11.5 Å². The number of imide groups is 1. The maximum atomic E-state index is 11.5. The molecular formula is C14H15NO4S. The molecule has 1 fully saturated rings. The Morgan fingerprint density at radius 1 is 1.40 bits per heavy atom. The molecule has 0 bridgehead atoms. The van der Waals surface area contributed by atoms with E-state index in [1.54, 1.807) is 18.2 Å². The van der Waals surface area contributed by atoms with Crippen molar-refractivity contribution < 1.29 is 19.4 Å². The van der Waals surface area contributed by atoms with E-state index in [1.165, 1.54) is 6.07 Å². The molecule has 20 heavy (non-hydrogen) atoms. The van der Waals surface area contributed by atoms with Crippen LogP contribution in [0, 0.1) is 0 Å². The zero-order valence-corrected chi connectivity index (χ0v) is 11.8. The highest BCUT2D eigenvalue weighted by atomic mass is 32.2. The molecule has 0 atom stereocenters. The van der Waals surface area contributed by atoms with Crippen molar-refractivity contribution in [3.63, 3.8) is 0 Å². The van der Waals surface area contributed by atoms with E-state index in [9.17, 15) is 14.7 Å². The van der Waals surface area contributed by atoms with Gasteiger partial charge in [-0.15, -0.1) is 0 Å². The molecule has 2 amide bonds. The minimum Gasteiger partial charge on any atom is -0.504 e. The Balaban J connectivity index is 2.16. The fourth-order valence-corrected chi connectivity index (χ4v) is 2.32. The predicted octanol–water partition coefficient (Wildman–Crippen LogP) is 2.90. The molecule has 1 aliphatic heterocycles. The quantitative estimate of drug-likeness (QED) is 0.645. The van der Waals surface area contributed by atoms with Gasteiger partial charge in [-0.3, -0.25) is 14.9 Å². The number of thioether (sulfide) groups is 1. The molecule has 1 heterocycles. The second-order valence-corrected chi connectivity index (χ2v) is 5.30. The van der Waals surface area contributed by atoms with Crippen molar-refractivity contribution in [2.75, 3.05) is 6.61 Å². The summed E-state index contributed by atoms with van der Waals surface area (Å²) in [6.07, 6.45) is 3.50. The zero-order chi connectivity index (χ0) is 14.5. The molecule has 6 heteroatoms. The SMILES string of the molecule is CCCCOc1cc(/C=C2\SC(=O)NC2=O)ccc1O. The lowest BCUT2D eigenvalue weighted by atomic mass is 10.2. The van der Waals surface area contributed by atoms with Crippen LogP contribution < -0.4 is 10.1 Å². The van der Waals surface area contributed by atoms with Gasteiger partial charge in [0.25, 0.3) is 11.1 Å². The summed E-state index contributed by atoms with van der Waals surface area (Å²) in [6, 6.07) is 4.81. The van der Waals surface area contributed by atoms with Crippen LogP contribution in [0.3, 0.4) is 0 Å². The van der Waals surface area contributed by atoms with Crippen LogP contribution in [0.5, 0.6) is 11.5 Å². The number of unbranched alkanes of at least 4 members (excludes halogenated alkanes) is 1. The lowest BCUT2D eigenvalue weighted by Gasteiger charge is -2.08. The Hall–Kier alpha value is -1.95. The number of ether oxygens (including phenoxy) is 1. The van der Waals surface area contributed by atoms with E-state index in [-0.39, 0.29) is 11.0 Å². The monoisotopic (exact) mass is 293 g/mol. The van der Waals surface area contributed by atoms with Gasteiger partial charge in [-0.25, -0.2) is 0 Å². The summed E-state index contributed by atoms with van der Waals surface area (Å²) in [5.74, 6) is 0.0342. The molecule has 0 saturated carbocycles. The Bertz CT molecular complexity index is 568. The summed E-state index contributed by atoms with van der Waals surface area (Å²) in [5, 5.41) is 11.5. The number of nitrogens with one attached hydrogen (secondary N) is 1. The van der Waals surface area contributed by atoms with E-state index in [4.69, 9.17) is 4.74 Å². The van der Waals surface area contributed by atoms with Gasteiger partial charge in [0.2, 0.25) is 0 Å². The number of hydrogen-bond donors (Lipinski definition) is 2. The maximum Gasteiger partial charge on any atom is 0.290 e. The molecule has 0 aromatic heterocycles. The van der Waals surface area contributed by atoms with E-state index in [0.29, 0.717) is 22.8 Å². The van der Waals surface area contributed by atoms with Crippen molar-refractivity contribution in [3.05, 3.63) is 28.7 Å². The molecule has 2 N–H and O–H groups in total. The average molecular weight is 293 g/mol. The van der Waals surface area contributed by atoms with Crippen molar-refractivity contribution in [2.45, 2.75) is 19.8 Å². The van der Waals surface area contributed by atoms with Gasteiger partial charge in [-0.1, -0.05) is 19.4 Å². The van der Waals surface area contributed by atoms with Gasteiger partial charge in [0.05, 0.1) is 11.5 Å². The molecule has 2 rings (SSSR count). The number of benzene rings is 1. The molecule has 1 aromatic rings. The molecule has 0 aliphatic carbocycles. The second-order valence-electron chi connectivity index (χ2n) is 4.28. The lowest BCUT2D eigenvalue weighted by Crippen LogP contribution is -2.17. The van der Waals surface area contributed by atoms with Gasteiger partial charge in [0, 0.05) is 0 Å².